The minimum absolute atomic E-state index is 0.257. The number of hydrogen-bond acceptors (Lipinski definition) is 7. The van der Waals surface area contributed by atoms with Crippen molar-refractivity contribution in [3.63, 3.8) is 0 Å². The highest BCUT2D eigenvalue weighted by Gasteiger charge is 2.14. The van der Waals surface area contributed by atoms with Crippen molar-refractivity contribution in [3.8, 4) is 11.5 Å². The minimum atomic E-state index is 0.257. The van der Waals surface area contributed by atoms with Crippen LogP contribution in [-0.2, 0) is 0 Å². The number of nitrogens with zero attached hydrogens (tertiary/aromatic N) is 6. The summed E-state index contributed by atoms with van der Waals surface area (Å²) in [6.45, 7) is 1.95. The van der Waals surface area contributed by atoms with Gasteiger partial charge in [-0.3, -0.25) is 4.98 Å². The van der Waals surface area contributed by atoms with Crippen LogP contribution < -0.4 is 5.73 Å². The lowest BCUT2D eigenvalue weighted by atomic mass is 10.2. The molecule has 0 radical (unpaired) electrons. The Bertz CT molecular complexity index is 801. The van der Waals surface area contributed by atoms with Gasteiger partial charge in [-0.1, -0.05) is 11.8 Å². The fraction of sp³-hybridized carbons (Fsp3) is 0.182. The molecule has 0 spiro atoms. The second-order valence-electron chi connectivity index (χ2n) is 4.03. The molecule has 0 aliphatic rings. The molecule has 3 aromatic heterocycles. The third-order valence-electron chi connectivity index (χ3n) is 2.65. The van der Waals surface area contributed by atoms with Crippen molar-refractivity contribution in [3.05, 3.63) is 22.3 Å². The first-order valence-corrected chi connectivity index (χ1v) is 7.67. The van der Waals surface area contributed by atoms with E-state index in [4.69, 9.17) is 5.73 Å². The van der Waals surface area contributed by atoms with Gasteiger partial charge in [0.15, 0.2) is 5.16 Å². The molecule has 0 aromatic carbocycles. The van der Waals surface area contributed by atoms with Gasteiger partial charge in [0, 0.05) is 10.7 Å². The number of halogens is 1. The molecule has 0 aliphatic carbocycles. The molecular formula is C11H10BrN7S. The lowest BCUT2D eigenvalue weighted by Gasteiger charge is -1.99. The maximum absolute atomic E-state index is 5.85. The standard InChI is InChI=1S/C11H10BrN7S/c1-5-3-6(12)4-14-7(5)8-15-10-17-11(20-2)16-9(13)19(10)18-8/h3-4H,1-2H3,(H2,13,15,16,17,18). The molecule has 0 amide bonds. The van der Waals surface area contributed by atoms with Crippen LogP contribution in [0.25, 0.3) is 17.3 Å². The Kier molecular flexibility index (Phi) is 3.30. The molecule has 3 aromatic rings. The highest BCUT2D eigenvalue weighted by atomic mass is 79.9. The predicted molar refractivity (Wildman–Crippen MR) is 80.4 cm³/mol. The van der Waals surface area contributed by atoms with E-state index >= 15 is 0 Å². The first kappa shape index (κ1) is 13.3. The summed E-state index contributed by atoms with van der Waals surface area (Å²) in [5.41, 5.74) is 7.52. The van der Waals surface area contributed by atoms with Gasteiger partial charge in [-0.25, -0.2) is 0 Å². The van der Waals surface area contributed by atoms with Crippen LogP contribution in [0.15, 0.2) is 21.9 Å². The van der Waals surface area contributed by atoms with Crippen LogP contribution >= 0.6 is 27.7 Å². The summed E-state index contributed by atoms with van der Waals surface area (Å²) in [7, 11) is 0. The number of hydrogen-bond donors (Lipinski definition) is 1. The number of anilines is 1. The van der Waals surface area contributed by atoms with Gasteiger partial charge in [0.25, 0.3) is 5.78 Å². The number of aryl methyl sites for hydroxylation is 1. The number of aromatic nitrogens is 6. The number of nitrogens with two attached hydrogens (primary N) is 1. The molecule has 0 saturated heterocycles. The second-order valence-corrected chi connectivity index (χ2v) is 5.72. The number of fused-ring (bicyclic) bond motifs is 1. The molecule has 2 N–H and O–H groups in total. The molecular weight excluding hydrogens is 342 g/mol. The Morgan fingerprint density at radius 2 is 2.10 bits per heavy atom. The maximum Gasteiger partial charge on any atom is 0.258 e. The molecule has 0 atom stereocenters. The zero-order valence-electron chi connectivity index (χ0n) is 10.7. The molecule has 7 nitrogen and oxygen atoms in total. The Balaban J connectivity index is 2.20. The Morgan fingerprint density at radius 3 is 2.80 bits per heavy atom. The van der Waals surface area contributed by atoms with Crippen LogP contribution in [0.3, 0.4) is 0 Å². The summed E-state index contributed by atoms with van der Waals surface area (Å²) in [5.74, 6) is 1.16. The normalized spacial score (nSPS) is 11.2. The van der Waals surface area contributed by atoms with Crippen molar-refractivity contribution in [1.82, 2.24) is 29.5 Å². The van der Waals surface area contributed by atoms with E-state index in [1.807, 2.05) is 19.2 Å². The van der Waals surface area contributed by atoms with Gasteiger partial charge in [0.1, 0.15) is 5.69 Å². The van der Waals surface area contributed by atoms with E-state index in [0.29, 0.717) is 22.5 Å². The fourth-order valence-corrected chi connectivity index (χ4v) is 2.56. The lowest BCUT2D eigenvalue weighted by Crippen LogP contribution is -2.04. The third-order valence-corrected chi connectivity index (χ3v) is 3.63. The van der Waals surface area contributed by atoms with Gasteiger partial charge in [-0.15, -0.1) is 5.10 Å². The Labute approximate surface area is 127 Å². The van der Waals surface area contributed by atoms with Crippen LogP contribution in [0.5, 0.6) is 0 Å². The molecule has 0 saturated carbocycles. The van der Waals surface area contributed by atoms with E-state index in [1.54, 1.807) is 6.20 Å². The maximum atomic E-state index is 5.85. The molecule has 0 fully saturated rings. The molecule has 3 rings (SSSR count). The van der Waals surface area contributed by atoms with Crippen molar-refractivity contribution in [2.45, 2.75) is 12.1 Å². The quantitative estimate of drug-likeness (QED) is 0.705. The van der Waals surface area contributed by atoms with Crippen LogP contribution in [0.1, 0.15) is 5.56 Å². The summed E-state index contributed by atoms with van der Waals surface area (Å²) in [4.78, 5) is 17.1. The van der Waals surface area contributed by atoms with Gasteiger partial charge < -0.3 is 5.73 Å². The summed E-state index contributed by atoms with van der Waals surface area (Å²) < 4.78 is 2.32. The van der Waals surface area contributed by atoms with Gasteiger partial charge >= 0.3 is 0 Å². The number of pyridine rings is 1. The highest BCUT2D eigenvalue weighted by molar-refractivity contribution is 9.10. The van der Waals surface area contributed by atoms with Crippen LogP contribution in [0.4, 0.5) is 5.95 Å². The number of rotatable bonds is 2. The molecule has 20 heavy (non-hydrogen) atoms. The highest BCUT2D eigenvalue weighted by Crippen LogP contribution is 2.22. The lowest BCUT2D eigenvalue weighted by molar-refractivity contribution is 0.850. The van der Waals surface area contributed by atoms with E-state index in [-0.39, 0.29) is 5.95 Å². The van der Waals surface area contributed by atoms with Crippen LogP contribution in [0.2, 0.25) is 0 Å². The second kappa shape index (κ2) is 4.98. The third kappa shape index (κ3) is 2.22. The van der Waals surface area contributed by atoms with Crippen molar-refractivity contribution in [2.75, 3.05) is 12.0 Å². The first-order chi connectivity index (χ1) is 9.58. The number of thioether (sulfide) groups is 1. The minimum Gasteiger partial charge on any atom is -0.368 e. The van der Waals surface area contributed by atoms with Crippen molar-refractivity contribution >= 4 is 39.4 Å². The van der Waals surface area contributed by atoms with E-state index in [9.17, 15) is 0 Å². The van der Waals surface area contributed by atoms with E-state index in [0.717, 1.165) is 10.0 Å². The van der Waals surface area contributed by atoms with Crippen molar-refractivity contribution < 1.29 is 0 Å². The number of nitrogen functional groups attached to an aromatic ring is 1. The predicted octanol–water partition coefficient (Wildman–Crippen LogP) is 1.96. The zero-order valence-corrected chi connectivity index (χ0v) is 13.1. The molecule has 0 aliphatic heterocycles. The average Bonchev–Trinajstić information content (AvgIpc) is 2.82. The Morgan fingerprint density at radius 1 is 1.30 bits per heavy atom. The van der Waals surface area contributed by atoms with Gasteiger partial charge in [0.2, 0.25) is 11.8 Å². The Hall–Kier alpha value is -1.74. The van der Waals surface area contributed by atoms with Gasteiger partial charge in [-0.05, 0) is 40.7 Å². The molecule has 102 valence electrons. The van der Waals surface area contributed by atoms with E-state index in [2.05, 4.69) is 41.0 Å². The molecule has 0 bridgehead atoms. The van der Waals surface area contributed by atoms with Crippen molar-refractivity contribution in [1.29, 1.82) is 0 Å². The average molecular weight is 352 g/mol. The summed E-state index contributed by atoms with van der Waals surface area (Å²) >= 11 is 4.78. The SMILES string of the molecule is CSc1nc(N)n2nc(-c3ncc(Br)cc3C)nc2n1. The smallest absolute Gasteiger partial charge is 0.258 e. The first-order valence-electron chi connectivity index (χ1n) is 5.65. The van der Waals surface area contributed by atoms with Gasteiger partial charge in [-0.2, -0.15) is 19.5 Å². The van der Waals surface area contributed by atoms with Crippen LogP contribution in [-0.4, -0.2) is 35.8 Å². The van der Waals surface area contributed by atoms with E-state index < -0.39 is 0 Å². The monoisotopic (exact) mass is 351 g/mol. The van der Waals surface area contributed by atoms with Crippen molar-refractivity contribution in [2.24, 2.45) is 0 Å². The fourth-order valence-electron chi connectivity index (χ4n) is 1.75. The van der Waals surface area contributed by atoms with E-state index in [1.165, 1.54) is 16.3 Å². The summed E-state index contributed by atoms with van der Waals surface area (Å²) in [6.07, 6.45) is 3.58. The molecule has 3 heterocycles. The van der Waals surface area contributed by atoms with Gasteiger partial charge in [0.05, 0.1) is 0 Å². The zero-order chi connectivity index (χ0) is 14.3. The topological polar surface area (TPSA) is 94.9 Å². The molecule has 0 unspecified atom stereocenters. The van der Waals surface area contributed by atoms with Crippen LogP contribution in [0, 0.1) is 6.92 Å². The largest absolute Gasteiger partial charge is 0.368 e. The summed E-state index contributed by atoms with van der Waals surface area (Å²) in [5, 5.41) is 4.88. The summed E-state index contributed by atoms with van der Waals surface area (Å²) in [6, 6.07) is 1.95. The molecule has 9 heteroatoms.